The van der Waals surface area contributed by atoms with E-state index in [9.17, 15) is 13.6 Å². The van der Waals surface area contributed by atoms with Gasteiger partial charge in [0.1, 0.15) is 11.7 Å². The summed E-state index contributed by atoms with van der Waals surface area (Å²) in [5, 5.41) is 19.0. The number of anilines is 1. The zero-order valence-corrected chi connectivity index (χ0v) is 17.8. The third kappa shape index (κ3) is 4.97. The molecule has 1 atom stereocenters. The smallest absolute Gasteiger partial charge is 0.255 e. The highest BCUT2D eigenvalue weighted by atomic mass is 19.2. The largest absolute Gasteiger partial charge is 0.382 e. The molecular weight excluding hydrogens is 402 g/mol. The topological polar surface area (TPSA) is 95.1 Å². The molecule has 0 saturated carbocycles. The molecule has 3 aromatic rings. The van der Waals surface area contributed by atoms with Crippen LogP contribution in [0.2, 0.25) is 0 Å². The molecule has 0 fully saturated rings. The fourth-order valence-electron chi connectivity index (χ4n) is 2.98. The number of carbonyl (C=O) groups excluding carboxylic acids is 1. The number of amides is 1. The summed E-state index contributed by atoms with van der Waals surface area (Å²) in [6, 6.07) is 9.13. The number of halogens is 2. The van der Waals surface area contributed by atoms with Gasteiger partial charge in [-0.1, -0.05) is 0 Å². The standard InChI is InChI=1S/C22H24F2N6O/c1-13(2)29-17-8-18(19-6-5-15-7-14(9-25)10-28-30(15)19)26-11-16(17)21(31)27-12-20(23)22(3,4)24/h5-8,10-11,13,20H,12H2,1-4H3,(H,26,29)(H,27,31)/t20-/m1/s1. The van der Waals surface area contributed by atoms with Gasteiger partial charge in [-0.3, -0.25) is 9.78 Å². The van der Waals surface area contributed by atoms with E-state index in [1.54, 1.807) is 16.6 Å². The van der Waals surface area contributed by atoms with E-state index < -0.39 is 24.3 Å². The number of nitrogens with one attached hydrogen (secondary N) is 2. The summed E-state index contributed by atoms with van der Waals surface area (Å²) >= 11 is 0. The van der Waals surface area contributed by atoms with Crippen LogP contribution >= 0.6 is 0 Å². The van der Waals surface area contributed by atoms with Crippen molar-refractivity contribution >= 4 is 17.1 Å². The number of alkyl halides is 2. The predicted molar refractivity (Wildman–Crippen MR) is 114 cm³/mol. The van der Waals surface area contributed by atoms with Crippen LogP contribution in [-0.4, -0.2) is 44.9 Å². The number of hydrogen-bond acceptors (Lipinski definition) is 5. The summed E-state index contributed by atoms with van der Waals surface area (Å²) in [6.07, 6.45) is 1.03. The summed E-state index contributed by atoms with van der Waals surface area (Å²) in [5.41, 5.74) is 1.10. The van der Waals surface area contributed by atoms with Gasteiger partial charge in [-0.25, -0.2) is 13.3 Å². The second-order valence-corrected chi connectivity index (χ2v) is 8.07. The molecule has 7 nitrogen and oxygen atoms in total. The summed E-state index contributed by atoms with van der Waals surface area (Å²) in [5.74, 6) is -0.550. The summed E-state index contributed by atoms with van der Waals surface area (Å²) in [6.45, 7) is 5.65. The molecule has 1 amide bonds. The minimum Gasteiger partial charge on any atom is -0.382 e. The van der Waals surface area contributed by atoms with Crippen molar-refractivity contribution in [2.24, 2.45) is 0 Å². The van der Waals surface area contributed by atoms with Crippen LogP contribution in [0.1, 0.15) is 43.6 Å². The van der Waals surface area contributed by atoms with E-state index in [2.05, 4.69) is 26.8 Å². The second-order valence-electron chi connectivity index (χ2n) is 8.07. The number of nitrogens with zero attached hydrogens (tertiary/aromatic N) is 4. The highest BCUT2D eigenvalue weighted by Gasteiger charge is 2.29. The Hall–Kier alpha value is -3.54. The molecule has 0 bridgehead atoms. The Labute approximate surface area is 179 Å². The van der Waals surface area contributed by atoms with Crippen LogP contribution in [0, 0.1) is 11.3 Å². The molecule has 3 heterocycles. The van der Waals surface area contributed by atoms with E-state index in [1.165, 1.54) is 12.4 Å². The first kappa shape index (κ1) is 22.2. The Bertz CT molecular complexity index is 1140. The van der Waals surface area contributed by atoms with Crippen molar-refractivity contribution in [1.82, 2.24) is 19.9 Å². The van der Waals surface area contributed by atoms with E-state index in [4.69, 9.17) is 5.26 Å². The first-order valence-corrected chi connectivity index (χ1v) is 9.86. The zero-order chi connectivity index (χ0) is 22.8. The average Bonchev–Trinajstić information content (AvgIpc) is 3.13. The molecule has 0 radical (unpaired) electrons. The van der Waals surface area contributed by atoms with Gasteiger partial charge in [0.05, 0.1) is 46.5 Å². The number of rotatable bonds is 7. The molecule has 0 aliphatic rings. The average molecular weight is 426 g/mol. The second kappa shape index (κ2) is 8.68. The van der Waals surface area contributed by atoms with E-state index in [0.717, 1.165) is 19.4 Å². The quantitative estimate of drug-likeness (QED) is 0.597. The fourth-order valence-corrected chi connectivity index (χ4v) is 2.98. The van der Waals surface area contributed by atoms with Crippen LogP contribution in [0.25, 0.3) is 16.9 Å². The minimum atomic E-state index is -2.05. The third-order valence-corrected chi connectivity index (χ3v) is 4.67. The van der Waals surface area contributed by atoms with Crippen LogP contribution in [0.3, 0.4) is 0 Å². The van der Waals surface area contributed by atoms with Crippen molar-refractivity contribution in [3.8, 4) is 17.5 Å². The maximum atomic E-state index is 13.9. The lowest BCUT2D eigenvalue weighted by Crippen LogP contribution is -2.39. The Morgan fingerprint density at radius 1 is 1.29 bits per heavy atom. The number of aromatic nitrogens is 3. The molecule has 9 heteroatoms. The molecule has 0 aliphatic carbocycles. The summed E-state index contributed by atoms with van der Waals surface area (Å²) in [7, 11) is 0. The molecular formula is C22H24F2N6O. The van der Waals surface area contributed by atoms with Crippen LogP contribution in [-0.2, 0) is 0 Å². The maximum absolute atomic E-state index is 13.9. The molecule has 0 aromatic carbocycles. The molecule has 3 aromatic heterocycles. The normalized spacial score (nSPS) is 12.6. The van der Waals surface area contributed by atoms with E-state index in [1.807, 2.05) is 26.0 Å². The molecule has 3 rings (SSSR count). The van der Waals surface area contributed by atoms with Gasteiger partial charge in [0.2, 0.25) is 0 Å². The Morgan fingerprint density at radius 2 is 2.03 bits per heavy atom. The van der Waals surface area contributed by atoms with Gasteiger partial charge in [-0.05, 0) is 52.0 Å². The Balaban J connectivity index is 1.93. The highest BCUT2D eigenvalue weighted by Crippen LogP contribution is 2.26. The van der Waals surface area contributed by atoms with E-state index >= 15 is 0 Å². The lowest BCUT2D eigenvalue weighted by molar-refractivity contribution is 0.0759. The monoisotopic (exact) mass is 426 g/mol. The van der Waals surface area contributed by atoms with Gasteiger partial charge < -0.3 is 10.6 Å². The molecule has 162 valence electrons. The number of pyridine rings is 1. The van der Waals surface area contributed by atoms with Gasteiger partial charge in [0.25, 0.3) is 5.91 Å². The van der Waals surface area contributed by atoms with E-state index in [0.29, 0.717) is 22.6 Å². The van der Waals surface area contributed by atoms with E-state index in [-0.39, 0.29) is 11.6 Å². The first-order valence-electron chi connectivity index (χ1n) is 9.86. The van der Waals surface area contributed by atoms with Gasteiger partial charge in [-0.15, -0.1) is 0 Å². The third-order valence-electron chi connectivity index (χ3n) is 4.67. The van der Waals surface area contributed by atoms with Gasteiger partial charge in [-0.2, -0.15) is 10.4 Å². The highest BCUT2D eigenvalue weighted by molar-refractivity contribution is 6.00. The van der Waals surface area contributed by atoms with Crippen molar-refractivity contribution in [3.05, 3.63) is 47.8 Å². The van der Waals surface area contributed by atoms with Gasteiger partial charge in [0, 0.05) is 12.2 Å². The number of carbonyl (C=O) groups is 1. The number of hydrogen-bond donors (Lipinski definition) is 2. The fraction of sp³-hybridized carbons (Fsp3) is 0.364. The van der Waals surface area contributed by atoms with Crippen molar-refractivity contribution in [3.63, 3.8) is 0 Å². The minimum absolute atomic E-state index is 0.0147. The molecule has 2 N–H and O–H groups in total. The summed E-state index contributed by atoms with van der Waals surface area (Å²) in [4.78, 5) is 17.0. The summed E-state index contributed by atoms with van der Waals surface area (Å²) < 4.78 is 29.2. The van der Waals surface area contributed by atoms with Gasteiger partial charge >= 0.3 is 0 Å². The molecule has 0 aliphatic heterocycles. The molecule has 31 heavy (non-hydrogen) atoms. The lowest BCUT2D eigenvalue weighted by atomic mass is 10.1. The van der Waals surface area contributed by atoms with Gasteiger partial charge in [0.15, 0.2) is 6.17 Å². The van der Waals surface area contributed by atoms with Crippen LogP contribution in [0.15, 0.2) is 36.7 Å². The lowest BCUT2D eigenvalue weighted by Gasteiger charge is -2.20. The number of nitriles is 1. The maximum Gasteiger partial charge on any atom is 0.255 e. The van der Waals surface area contributed by atoms with Crippen LogP contribution in [0.5, 0.6) is 0 Å². The molecule has 0 spiro atoms. The SMILES string of the molecule is CC(C)Nc1cc(-c2ccc3cc(C#N)cnn23)ncc1C(=O)NC[C@@H](F)C(C)(C)F. The van der Waals surface area contributed by atoms with Crippen LogP contribution in [0.4, 0.5) is 14.5 Å². The van der Waals surface area contributed by atoms with Crippen LogP contribution < -0.4 is 10.6 Å². The van der Waals surface area contributed by atoms with Crippen molar-refractivity contribution in [2.45, 2.75) is 45.6 Å². The molecule has 0 saturated heterocycles. The Morgan fingerprint density at radius 3 is 2.68 bits per heavy atom. The molecule has 0 unspecified atom stereocenters. The first-order chi connectivity index (χ1) is 14.6. The van der Waals surface area contributed by atoms with Crippen molar-refractivity contribution in [2.75, 3.05) is 11.9 Å². The zero-order valence-electron chi connectivity index (χ0n) is 17.8. The Kier molecular flexibility index (Phi) is 6.20. The predicted octanol–water partition coefficient (Wildman–Crippen LogP) is 3.90. The number of fused-ring (bicyclic) bond motifs is 1. The van der Waals surface area contributed by atoms with Crippen molar-refractivity contribution in [1.29, 1.82) is 5.26 Å². The van der Waals surface area contributed by atoms with Crippen molar-refractivity contribution < 1.29 is 13.6 Å².